The molecule has 0 spiro atoms. The Morgan fingerprint density at radius 3 is 2.54 bits per heavy atom. The first-order chi connectivity index (χ1) is 18.5. The van der Waals surface area contributed by atoms with Gasteiger partial charge in [0.05, 0.1) is 16.7 Å². The first kappa shape index (κ1) is 28.8. The normalized spacial score (nSPS) is 18.2. The van der Waals surface area contributed by atoms with Crippen LogP contribution >= 0.6 is 11.6 Å². The van der Waals surface area contributed by atoms with Crippen molar-refractivity contribution in [1.29, 1.82) is 0 Å². The van der Waals surface area contributed by atoms with Crippen molar-refractivity contribution in [3.8, 4) is 0 Å². The molecule has 1 heterocycles. The predicted octanol–water partition coefficient (Wildman–Crippen LogP) is 6.66. The van der Waals surface area contributed by atoms with Gasteiger partial charge in [-0.1, -0.05) is 35.9 Å². The van der Waals surface area contributed by atoms with Crippen molar-refractivity contribution in [2.45, 2.75) is 51.4 Å². The van der Waals surface area contributed by atoms with E-state index in [9.17, 15) is 18.3 Å². The molecular formula is C30H34ClN2O5S+. The van der Waals surface area contributed by atoms with E-state index in [4.69, 9.17) is 16.2 Å². The number of aromatic carboxylic acids is 1. The molecule has 0 radical (unpaired) electrons. The van der Waals surface area contributed by atoms with Gasteiger partial charge in [-0.2, -0.15) is 13.0 Å². The third-order valence-electron chi connectivity index (χ3n) is 7.26. The SMILES string of the molecule is CC1(C)C(C=CC2=C(Cl)C(=CNc3ccccc3)CCC2)=[N+](CCCCS(=O)(=O)O)c2ccc(C(=O)O)cc21. The Labute approximate surface area is 235 Å². The van der Waals surface area contributed by atoms with E-state index >= 15 is 0 Å². The van der Waals surface area contributed by atoms with Gasteiger partial charge in [0.1, 0.15) is 6.54 Å². The van der Waals surface area contributed by atoms with E-state index in [1.165, 1.54) is 0 Å². The van der Waals surface area contributed by atoms with Crippen molar-refractivity contribution < 1.29 is 27.4 Å². The number of carbonyl (C=O) groups is 1. The largest absolute Gasteiger partial charge is 0.478 e. The van der Waals surface area contributed by atoms with Crippen molar-refractivity contribution in [2.24, 2.45) is 0 Å². The number of fused-ring (bicyclic) bond motifs is 1. The molecule has 7 nitrogen and oxygen atoms in total. The molecule has 0 bridgehead atoms. The zero-order valence-corrected chi connectivity index (χ0v) is 23.7. The second kappa shape index (κ2) is 11.9. The van der Waals surface area contributed by atoms with Crippen molar-refractivity contribution in [3.05, 3.63) is 94.2 Å². The number of nitrogens with zero attached hydrogens (tertiary/aromatic N) is 1. The van der Waals surface area contributed by atoms with Gasteiger partial charge >= 0.3 is 5.97 Å². The molecule has 2 aromatic carbocycles. The van der Waals surface area contributed by atoms with Crippen LogP contribution < -0.4 is 5.32 Å². The molecule has 1 aliphatic carbocycles. The van der Waals surface area contributed by atoms with Crippen molar-refractivity contribution >= 4 is 44.8 Å². The maximum atomic E-state index is 11.7. The van der Waals surface area contributed by atoms with Crippen LogP contribution in [0.15, 0.2) is 83.1 Å². The van der Waals surface area contributed by atoms with Crippen LogP contribution in [0.25, 0.3) is 0 Å². The van der Waals surface area contributed by atoms with Crippen molar-refractivity contribution in [1.82, 2.24) is 0 Å². The number of carboxylic acids is 1. The van der Waals surface area contributed by atoms with Crippen LogP contribution in [0.5, 0.6) is 0 Å². The van der Waals surface area contributed by atoms with Crippen LogP contribution in [0.4, 0.5) is 11.4 Å². The molecule has 0 fully saturated rings. The molecule has 39 heavy (non-hydrogen) atoms. The minimum atomic E-state index is -4.03. The van der Waals surface area contributed by atoms with Crippen molar-refractivity contribution in [2.75, 3.05) is 17.6 Å². The summed E-state index contributed by atoms with van der Waals surface area (Å²) in [5, 5.41) is 13.6. The molecule has 206 valence electrons. The van der Waals surface area contributed by atoms with Gasteiger partial charge < -0.3 is 10.4 Å². The fourth-order valence-corrected chi connectivity index (χ4v) is 6.05. The van der Waals surface area contributed by atoms with E-state index in [-0.39, 0.29) is 11.3 Å². The summed E-state index contributed by atoms with van der Waals surface area (Å²) in [6, 6.07) is 15.0. The van der Waals surface area contributed by atoms with Gasteiger partial charge in [-0.25, -0.2) is 4.79 Å². The smallest absolute Gasteiger partial charge is 0.335 e. The molecule has 9 heteroatoms. The number of carboxylic acid groups (broad SMARTS) is 1. The van der Waals surface area contributed by atoms with E-state index in [1.54, 1.807) is 12.1 Å². The standard InChI is InChI=1S/C30H33ClN2O5S/c1-30(2)25-19-22(29(34)35)13-15-26(25)33(17-6-7-18-39(36,37)38)27(30)16-14-21-9-8-10-23(28(21)31)20-32-24-11-4-3-5-12-24/h3-5,11-16,19-20H,6-10,17-18H2,1-2H3,(H2,34,35,36,37,38)/p+1. The number of hydrogen-bond donors (Lipinski definition) is 3. The highest BCUT2D eigenvalue weighted by atomic mass is 35.5. The lowest BCUT2D eigenvalue weighted by molar-refractivity contribution is -0.438. The van der Waals surface area contributed by atoms with Gasteiger partial charge in [-0.05, 0) is 74.9 Å². The van der Waals surface area contributed by atoms with Crippen LogP contribution in [-0.2, 0) is 15.5 Å². The lowest BCUT2D eigenvalue weighted by Crippen LogP contribution is -2.28. The number of nitrogens with one attached hydrogen (secondary N) is 1. The summed E-state index contributed by atoms with van der Waals surface area (Å²) < 4.78 is 33.6. The number of para-hydroxylation sites is 1. The quantitative estimate of drug-likeness (QED) is 0.168. The number of allylic oxidation sites excluding steroid dienone is 5. The van der Waals surface area contributed by atoms with Gasteiger partial charge in [-0.3, -0.25) is 4.55 Å². The summed E-state index contributed by atoms with van der Waals surface area (Å²) in [5.74, 6) is -1.28. The second-order valence-corrected chi connectivity index (χ2v) is 12.3. The van der Waals surface area contributed by atoms with Gasteiger partial charge in [0.25, 0.3) is 10.1 Å². The summed E-state index contributed by atoms with van der Waals surface area (Å²) in [6.45, 7) is 4.64. The number of anilines is 1. The van der Waals surface area contributed by atoms with E-state index < -0.39 is 21.5 Å². The highest BCUT2D eigenvalue weighted by Crippen LogP contribution is 2.41. The fourth-order valence-electron chi connectivity index (χ4n) is 5.18. The zero-order valence-electron chi connectivity index (χ0n) is 22.2. The van der Waals surface area contributed by atoms with Crippen LogP contribution in [0.1, 0.15) is 61.9 Å². The van der Waals surface area contributed by atoms with Crippen molar-refractivity contribution in [3.63, 3.8) is 0 Å². The van der Waals surface area contributed by atoms with Gasteiger partial charge in [0.15, 0.2) is 5.71 Å². The predicted molar refractivity (Wildman–Crippen MR) is 156 cm³/mol. The maximum Gasteiger partial charge on any atom is 0.335 e. The van der Waals surface area contributed by atoms with E-state index in [0.29, 0.717) is 19.4 Å². The lowest BCUT2D eigenvalue weighted by Gasteiger charge is -2.18. The molecular weight excluding hydrogens is 536 g/mol. The molecule has 0 aromatic heterocycles. The molecule has 2 aromatic rings. The molecule has 0 amide bonds. The average molecular weight is 570 g/mol. The first-order valence-electron chi connectivity index (χ1n) is 13.0. The Kier molecular flexibility index (Phi) is 8.79. The highest BCUT2D eigenvalue weighted by Gasteiger charge is 2.44. The Balaban J connectivity index is 1.66. The Bertz CT molecular complexity index is 1490. The summed E-state index contributed by atoms with van der Waals surface area (Å²) in [5.41, 5.74) is 5.55. The monoisotopic (exact) mass is 569 g/mol. The lowest BCUT2D eigenvalue weighted by atomic mass is 9.80. The minimum Gasteiger partial charge on any atom is -0.478 e. The van der Waals surface area contributed by atoms with Gasteiger partial charge in [0.2, 0.25) is 5.69 Å². The number of rotatable bonds is 10. The summed E-state index contributed by atoms with van der Waals surface area (Å²) >= 11 is 6.85. The molecule has 0 atom stereocenters. The summed E-state index contributed by atoms with van der Waals surface area (Å²) in [4.78, 5) is 11.7. The Morgan fingerprint density at radius 2 is 1.85 bits per heavy atom. The minimum absolute atomic E-state index is 0.220. The van der Waals surface area contributed by atoms with Crippen LogP contribution in [0, 0.1) is 0 Å². The number of hydrogen-bond acceptors (Lipinski definition) is 4. The van der Waals surface area contributed by atoms with Gasteiger partial charge in [-0.15, -0.1) is 0 Å². The van der Waals surface area contributed by atoms with Crippen LogP contribution in [0.3, 0.4) is 0 Å². The second-order valence-electron chi connectivity index (χ2n) is 10.4. The molecule has 2 aliphatic rings. The average Bonchev–Trinajstić information content (AvgIpc) is 3.10. The number of halogens is 1. The van der Waals surface area contributed by atoms with E-state index in [1.807, 2.05) is 48.7 Å². The molecule has 0 saturated heterocycles. The molecule has 3 N–H and O–H groups in total. The first-order valence-corrected chi connectivity index (χ1v) is 15.0. The fraction of sp³-hybridized carbons (Fsp3) is 0.333. The third-order valence-corrected chi connectivity index (χ3v) is 8.55. The van der Waals surface area contributed by atoms with Crippen LogP contribution in [-0.4, -0.2) is 46.6 Å². The highest BCUT2D eigenvalue weighted by molar-refractivity contribution is 7.85. The molecule has 0 saturated carbocycles. The Morgan fingerprint density at radius 1 is 1.10 bits per heavy atom. The topological polar surface area (TPSA) is 107 Å². The van der Waals surface area contributed by atoms with Gasteiger partial charge in [0, 0.05) is 41.0 Å². The zero-order chi connectivity index (χ0) is 28.2. The van der Waals surface area contributed by atoms with Crippen LogP contribution in [0.2, 0.25) is 0 Å². The summed E-state index contributed by atoms with van der Waals surface area (Å²) in [7, 11) is -4.03. The number of benzene rings is 2. The summed E-state index contributed by atoms with van der Waals surface area (Å²) in [6.07, 6.45) is 9.60. The molecule has 0 unspecified atom stereocenters. The maximum absolute atomic E-state index is 11.7. The van der Waals surface area contributed by atoms with E-state index in [0.717, 1.165) is 58.1 Å². The number of unbranched alkanes of at least 4 members (excludes halogenated alkanes) is 1. The molecule has 4 rings (SSSR count). The van der Waals surface area contributed by atoms with E-state index in [2.05, 4.69) is 29.8 Å². The Hall–Kier alpha value is -3.20. The third kappa shape index (κ3) is 6.87. The molecule has 1 aliphatic heterocycles.